The SMILES string of the molecule is CS(=O)(=O)C1CC(CN)C1. The Morgan fingerprint density at radius 3 is 2.30 bits per heavy atom. The largest absolute Gasteiger partial charge is 0.330 e. The van der Waals surface area contributed by atoms with Crippen LogP contribution in [0.5, 0.6) is 0 Å². The molecule has 60 valence electrons. The number of rotatable bonds is 2. The highest BCUT2D eigenvalue weighted by Crippen LogP contribution is 2.31. The first-order valence-electron chi connectivity index (χ1n) is 3.43. The molecule has 2 N–H and O–H groups in total. The summed E-state index contributed by atoms with van der Waals surface area (Å²) < 4.78 is 21.7. The van der Waals surface area contributed by atoms with Crippen molar-refractivity contribution in [2.45, 2.75) is 18.1 Å². The monoisotopic (exact) mass is 163 g/mol. The van der Waals surface area contributed by atoms with Crippen LogP contribution < -0.4 is 5.73 Å². The topological polar surface area (TPSA) is 60.2 Å². The molecule has 0 bridgehead atoms. The fraction of sp³-hybridized carbons (Fsp3) is 1.00. The third-order valence-electron chi connectivity index (χ3n) is 2.13. The van der Waals surface area contributed by atoms with Crippen molar-refractivity contribution in [3.63, 3.8) is 0 Å². The first-order valence-corrected chi connectivity index (χ1v) is 5.38. The van der Waals surface area contributed by atoms with Gasteiger partial charge in [-0.3, -0.25) is 0 Å². The Balaban J connectivity index is 2.41. The van der Waals surface area contributed by atoms with Crippen LogP contribution in [0.3, 0.4) is 0 Å². The van der Waals surface area contributed by atoms with E-state index in [9.17, 15) is 8.42 Å². The molecule has 0 heterocycles. The van der Waals surface area contributed by atoms with Crippen LogP contribution in [0.15, 0.2) is 0 Å². The van der Waals surface area contributed by atoms with Gasteiger partial charge in [0, 0.05) is 6.26 Å². The van der Waals surface area contributed by atoms with Gasteiger partial charge in [-0.25, -0.2) is 8.42 Å². The van der Waals surface area contributed by atoms with Crippen molar-refractivity contribution < 1.29 is 8.42 Å². The van der Waals surface area contributed by atoms with Gasteiger partial charge in [0.05, 0.1) is 5.25 Å². The molecular weight excluding hydrogens is 150 g/mol. The minimum Gasteiger partial charge on any atom is -0.330 e. The molecule has 1 rings (SSSR count). The molecule has 4 heteroatoms. The van der Waals surface area contributed by atoms with Crippen molar-refractivity contribution >= 4 is 9.84 Å². The van der Waals surface area contributed by atoms with Crippen LogP contribution in [-0.4, -0.2) is 26.5 Å². The lowest BCUT2D eigenvalue weighted by atomic mass is 9.85. The zero-order valence-electron chi connectivity index (χ0n) is 6.08. The van der Waals surface area contributed by atoms with Gasteiger partial charge in [-0.1, -0.05) is 0 Å². The highest BCUT2D eigenvalue weighted by molar-refractivity contribution is 7.91. The van der Waals surface area contributed by atoms with E-state index in [0.717, 1.165) is 12.8 Å². The van der Waals surface area contributed by atoms with Crippen LogP contribution in [0.25, 0.3) is 0 Å². The first-order chi connectivity index (χ1) is 4.54. The molecule has 0 aliphatic heterocycles. The van der Waals surface area contributed by atoms with E-state index >= 15 is 0 Å². The van der Waals surface area contributed by atoms with Crippen molar-refractivity contribution in [2.75, 3.05) is 12.8 Å². The van der Waals surface area contributed by atoms with E-state index < -0.39 is 9.84 Å². The smallest absolute Gasteiger partial charge is 0.150 e. The van der Waals surface area contributed by atoms with Gasteiger partial charge < -0.3 is 5.73 Å². The second-order valence-corrected chi connectivity index (χ2v) is 5.35. The minimum atomic E-state index is -2.76. The van der Waals surface area contributed by atoms with Crippen LogP contribution in [0.1, 0.15) is 12.8 Å². The molecule has 3 nitrogen and oxygen atoms in total. The summed E-state index contributed by atoms with van der Waals surface area (Å²) in [5.74, 6) is 0.458. The average Bonchev–Trinajstić information content (AvgIpc) is 1.57. The van der Waals surface area contributed by atoms with Crippen molar-refractivity contribution in [3.8, 4) is 0 Å². The molecule has 1 saturated carbocycles. The molecule has 0 spiro atoms. The maximum absolute atomic E-state index is 10.8. The molecule has 0 aromatic carbocycles. The molecular formula is C6H13NO2S. The zero-order valence-corrected chi connectivity index (χ0v) is 6.89. The fourth-order valence-electron chi connectivity index (χ4n) is 1.22. The van der Waals surface area contributed by atoms with Gasteiger partial charge in [0.25, 0.3) is 0 Å². The van der Waals surface area contributed by atoms with Gasteiger partial charge in [-0.15, -0.1) is 0 Å². The Kier molecular flexibility index (Phi) is 2.01. The lowest BCUT2D eigenvalue weighted by Gasteiger charge is -2.32. The standard InChI is InChI=1S/C6H13NO2S/c1-10(8,9)6-2-5(3-6)4-7/h5-6H,2-4,7H2,1H3. The number of sulfone groups is 1. The normalized spacial score (nSPS) is 33.4. The summed E-state index contributed by atoms with van der Waals surface area (Å²) in [6.07, 6.45) is 2.84. The van der Waals surface area contributed by atoms with Crippen molar-refractivity contribution in [1.29, 1.82) is 0 Å². The molecule has 1 aliphatic carbocycles. The Hall–Kier alpha value is -0.0900. The highest BCUT2D eigenvalue weighted by atomic mass is 32.2. The van der Waals surface area contributed by atoms with E-state index in [4.69, 9.17) is 5.73 Å². The second-order valence-electron chi connectivity index (χ2n) is 3.02. The van der Waals surface area contributed by atoms with Gasteiger partial charge in [0.1, 0.15) is 9.84 Å². The minimum absolute atomic E-state index is 0.0963. The Bertz CT molecular complexity index is 204. The summed E-state index contributed by atoms with van der Waals surface area (Å²) in [7, 11) is -2.76. The van der Waals surface area contributed by atoms with Gasteiger partial charge in [-0.05, 0) is 25.3 Å². The molecule has 0 unspecified atom stereocenters. The van der Waals surface area contributed by atoms with Gasteiger partial charge in [0.15, 0.2) is 0 Å². The average molecular weight is 163 g/mol. The third-order valence-corrected chi connectivity index (χ3v) is 3.73. The van der Waals surface area contributed by atoms with E-state index in [1.54, 1.807) is 0 Å². The third kappa shape index (κ3) is 1.49. The van der Waals surface area contributed by atoms with Crippen molar-refractivity contribution in [2.24, 2.45) is 11.7 Å². The molecule has 1 aliphatic rings. The van der Waals surface area contributed by atoms with E-state index in [0.29, 0.717) is 12.5 Å². The maximum Gasteiger partial charge on any atom is 0.150 e. The molecule has 0 atom stereocenters. The van der Waals surface area contributed by atoms with Gasteiger partial charge in [0.2, 0.25) is 0 Å². The summed E-state index contributed by atoms with van der Waals surface area (Å²) in [5.41, 5.74) is 5.34. The maximum atomic E-state index is 10.8. The number of hydrogen-bond acceptors (Lipinski definition) is 3. The predicted molar refractivity (Wildman–Crippen MR) is 40.4 cm³/mol. The van der Waals surface area contributed by atoms with E-state index in [1.807, 2.05) is 0 Å². The predicted octanol–water partition coefficient (Wildman–Crippen LogP) is -0.232. The van der Waals surface area contributed by atoms with Crippen LogP contribution in [0, 0.1) is 5.92 Å². The Labute approximate surface area is 61.5 Å². The van der Waals surface area contributed by atoms with Crippen LogP contribution in [0.2, 0.25) is 0 Å². The highest BCUT2D eigenvalue weighted by Gasteiger charge is 2.34. The molecule has 0 aromatic heterocycles. The molecule has 0 aromatic rings. The molecule has 1 fully saturated rings. The van der Waals surface area contributed by atoms with Crippen molar-refractivity contribution in [3.05, 3.63) is 0 Å². The Morgan fingerprint density at radius 2 is 2.00 bits per heavy atom. The van der Waals surface area contributed by atoms with Crippen LogP contribution in [0.4, 0.5) is 0 Å². The van der Waals surface area contributed by atoms with E-state index in [2.05, 4.69) is 0 Å². The first kappa shape index (κ1) is 8.01. The van der Waals surface area contributed by atoms with E-state index in [1.165, 1.54) is 6.26 Å². The van der Waals surface area contributed by atoms with Gasteiger partial charge >= 0.3 is 0 Å². The number of nitrogens with two attached hydrogens (primary N) is 1. The van der Waals surface area contributed by atoms with E-state index in [-0.39, 0.29) is 5.25 Å². The molecule has 0 saturated heterocycles. The van der Waals surface area contributed by atoms with Crippen LogP contribution >= 0.6 is 0 Å². The lowest BCUT2D eigenvalue weighted by Crippen LogP contribution is -2.38. The summed E-state index contributed by atoms with van der Waals surface area (Å²) in [6, 6.07) is 0. The Morgan fingerprint density at radius 1 is 1.50 bits per heavy atom. The fourth-order valence-corrected chi connectivity index (χ4v) is 2.46. The van der Waals surface area contributed by atoms with Crippen molar-refractivity contribution in [1.82, 2.24) is 0 Å². The summed E-state index contributed by atoms with van der Waals surface area (Å²) in [5, 5.41) is -0.0963. The summed E-state index contributed by atoms with van der Waals surface area (Å²) in [4.78, 5) is 0. The zero-order chi connectivity index (χ0) is 7.78. The summed E-state index contributed by atoms with van der Waals surface area (Å²) in [6.45, 7) is 0.631. The quantitative estimate of drug-likeness (QED) is 0.611. The molecule has 0 radical (unpaired) electrons. The van der Waals surface area contributed by atoms with Crippen LogP contribution in [-0.2, 0) is 9.84 Å². The molecule has 10 heavy (non-hydrogen) atoms. The molecule has 0 amide bonds. The lowest BCUT2D eigenvalue weighted by molar-refractivity contribution is 0.326. The summed E-state index contributed by atoms with van der Waals surface area (Å²) >= 11 is 0. The number of hydrogen-bond donors (Lipinski definition) is 1. The second kappa shape index (κ2) is 2.51. The van der Waals surface area contributed by atoms with Gasteiger partial charge in [-0.2, -0.15) is 0 Å².